The Morgan fingerprint density at radius 2 is 1.85 bits per heavy atom. The molecule has 1 fully saturated rings. The molecule has 1 aromatic carbocycles. The highest BCUT2D eigenvalue weighted by Gasteiger charge is 2.44. The average Bonchev–Trinajstić information content (AvgIpc) is 2.39. The summed E-state index contributed by atoms with van der Waals surface area (Å²) < 4.78 is 0. The highest BCUT2D eigenvalue weighted by molar-refractivity contribution is 6.30. The average molecular weight is 292 g/mol. The quantitative estimate of drug-likeness (QED) is 0.851. The third kappa shape index (κ3) is 2.85. The van der Waals surface area contributed by atoms with Crippen LogP contribution in [0.25, 0.3) is 0 Å². The van der Waals surface area contributed by atoms with Gasteiger partial charge in [0.2, 0.25) is 0 Å². The minimum atomic E-state index is -0.735. The Morgan fingerprint density at radius 3 is 2.35 bits per heavy atom. The molecular weight excluding hydrogens is 270 g/mol. The molecule has 1 saturated carbocycles. The molecule has 0 aromatic heterocycles. The van der Waals surface area contributed by atoms with E-state index in [1.807, 2.05) is 19.1 Å². The van der Waals surface area contributed by atoms with Crippen LogP contribution in [-0.2, 0) is 0 Å². The largest absolute Gasteiger partial charge is 0.387 e. The highest BCUT2D eigenvalue weighted by atomic mass is 35.5. The van der Waals surface area contributed by atoms with Gasteiger partial charge in [0.15, 0.2) is 0 Å². The number of halogens is 1. The van der Waals surface area contributed by atoms with Gasteiger partial charge in [0.1, 0.15) is 0 Å². The van der Waals surface area contributed by atoms with Gasteiger partial charge in [-0.15, -0.1) is 0 Å². The van der Waals surface area contributed by atoms with Crippen LogP contribution in [0.4, 0.5) is 0 Å². The number of benzene rings is 1. The van der Waals surface area contributed by atoms with Crippen molar-refractivity contribution in [3.8, 4) is 6.07 Å². The molecule has 0 aliphatic heterocycles. The van der Waals surface area contributed by atoms with Crippen molar-refractivity contribution in [1.82, 2.24) is 0 Å². The molecule has 0 spiro atoms. The first-order valence-electron chi connectivity index (χ1n) is 7.15. The second kappa shape index (κ2) is 5.39. The van der Waals surface area contributed by atoms with Gasteiger partial charge < -0.3 is 5.11 Å². The summed E-state index contributed by atoms with van der Waals surface area (Å²) in [6.07, 6.45) is 2.72. The van der Waals surface area contributed by atoms with E-state index < -0.39 is 11.5 Å². The molecule has 1 aliphatic rings. The Morgan fingerprint density at radius 1 is 1.25 bits per heavy atom. The Labute approximate surface area is 126 Å². The molecule has 0 radical (unpaired) electrons. The predicted molar refractivity (Wildman–Crippen MR) is 81.4 cm³/mol. The zero-order valence-electron chi connectivity index (χ0n) is 12.4. The minimum Gasteiger partial charge on any atom is -0.387 e. The van der Waals surface area contributed by atoms with Crippen LogP contribution in [0.3, 0.4) is 0 Å². The third-order valence-corrected chi connectivity index (χ3v) is 5.00. The summed E-state index contributed by atoms with van der Waals surface area (Å²) >= 11 is 5.97. The summed E-state index contributed by atoms with van der Waals surface area (Å²) in [4.78, 5) is 0. The van der Waals surface area contributed by atoms with Crippen molar-refractivity contribution in [3.63, 3.8) is 0 Å². The Balaban J connectivity index is 2.31. The van der Waals surface area contributed by atoms with Crippen molar-refractivity contribution in [2.24, 2.45) is 10.8 Å². The van der Waals surface area contributed by atoms with Crippen LogP contribution in [0.5, 0.6) is 0 Å². The van der Waals surface area contributed by atoms with Crippen molar-refractivity contribution in [2.45, 2.75) is 52.6 Å². The van der Waals surface area contributed by atoms with Gasteiger partial charge in [0.25, 0.3) is 0 Å². The maximum atomic E-state index is 10.8. The van der Waals surface area contributed by atoms with Crippen LogP contribution in [0.1, 0.15) is 56.8 Å². The van der Waals surface area contributed by atoms with Gasteiger partial charge in [-0.05, 0) is 61.3 Å². The predicted octanol–water partition coefficient (Wildman–Crippen LogP) is 4.79. The first-order valence-corrected chi connectivity index (χ1v) is 7.53. The number of nitrogens with zero attached hydrogens (tertiary/aromatic N) is 1. The minimum absolute atomic E-state index is 0.273. The molecule has 0 saturated heterocycles. The number of hydrogen-bond donors (Lipinski definition) is 1. The summed E-state index contributed by atoms with van der Waals surface area (Å²) in [6, 6.07) is 7.89. The first kappa shape index (κ1) is 15.4. The molecule has 2 rings (SSSR count). The zero-order chi connectivity index (χ0) is 15.0. The number of nitriles is 1. The van der Waals surface area contributed by atoms with Crippen LogP contribution in [0.2, 0.25) is 5.02 Å². The second-order valence-corrected chi connectivity index (χ2v) is 7.27. The lowest BCUT2D eigenvalue weighted by molar-refractivity contribution is 0.00920. The molecule has 1 N–H and O–H groups in total. The molecular formula is C17H22ClNO. The molecule has 0 bridgehead atoms. The van der Waals surface area contributed by atoms with Crippen LogP contribution in [0, 0.1) is 29.1 Å². The summed E-state index contributed by atoms with van der Waals surface area (Å²) in [5.41, 5.74) is 1.39. The highest BCUT2D eigenvalue weighted by Crippen LogP contribution is 2.51. The van der Waals surface area contributed by atoms with E-state index in [0.29, 0.717) is 5.02 Å². The molecule has 1 aromatic rings. The number of aliphatic hydroxyl groups is 1. The lowest BCUT2D eigenvalue weighted by Gasteiger charge is -2.42. The fourth-order valence-corrected chi connectivity index (χ4v) is 3.29. The monoisotopic (exact) mass is 291 g/mol. The molecule has 0 amide bonds. The van der Waals surface area contributed by atoms with E-state index in [1.54, 1.807) is 6.07 Å². The molecule has 0 heterocycles. The van der Waals surface area contributed by atoms with Gasteiger partial charge in [-0.3, -0.25) is 0 Å². The summed E-state index contributed by atoms with van der Waals surface area (Å²) in [7, 11) is 0. The van der Waals surface area contributed by atoms with E-state index in [0.717, 1.165) is 36.8 Å². The fraction of sp³-hybridized carbons (Fsp3) is 0.588. The van der Waals surface area contributed by atoms with Gasteiger partial charge >= 0.3 is 0 Å². The lowest BCUT2D eigenvalue weighted by Crippen LogP contribution is -2.35. The van der Waals surface area contributed by atoms with Gasteiger partial charge in [-0.25, -0.2) is 0 Å². The number of hydrogen-bond acceptors (Lipinski definition) is 2. The summed E-state index contributed by atoms with van der Waals surface area (Å²) in [5, 5.41) is 21.1. The van der Waals surface area contributed by atoms with E-state index in [9.17, 15) is 10.4 Å². The summed E-state index contributed by atoms with van der Waals surface area (Å²) in [6.45, 7) is 6.39. The number of rotatable bonds is 2. The molecule has 1 atom stereocenters. The second-order valence-electron chi connectivity index (χ2n) is 6.84. The van der Waals surface area contributed by atoms with Gasteiger partial charge in [-0.1, -0.05) is 31.5 Å². The Hall–Kier alpha value is -1.04. The molecule has 1 unspecified atom stereocenters. The summed E-state index contributed by atoms with van der Waals surface area (Å²) in [5.74, 6) is 0. The van der Waals surface area contributed by atoms with E-state index in [4.69, 9.17) is 11.6 Å². The molecule has 1 aliphatic carbocycles. The maximum Gasteiger partial charge on any atom is 0.0978 e. The van der Waals surface area contributed by atoms with Gasteiger partial charge in [0.05, 0.1) is 17.6 Å². The Kier molecular flexibility index (Phi) is 4.14. The topological polar surface area (TPSA) is 44.0 Å². The van der Waals surface area contributed by atoms with E-state index >= 15 is 0 Å². The van der Waals surface area contributed by atoms with E-state index in [-0.39, 0.29) is 5.41 Å². The van der Waals surface area contributed by atoms with Gasteiger partial charge in [-0.2, -0.15) is 5.26 Å². The fourth-order valence-electron chi connectivity index (χ4n) is 3.06. The van der Waals surface area contributed by atoms with Crippen molar-refractivity contribution in [3.05, 3.63) is 34.3 Å². The third-order valence-electron chi connectivity index (χ3n) is 4.77. The van der Waals surface area contributed by atoms with Gasteiger partial charge in [0, 0.05) is 5.02 Å². The standard InChI is InChI=1S/C17H22ClNO/c1-12-10-13(18)4-5-14(12)15(20)17(11-19)8-6-16(2,3)7-9-17/h4-5,10,15,20H,6-9H2,1-3H3. The molecule has 108 valence electrons. The van der Waals surface area contributed by atoms with Crippen molar-refractivity contribution >= 4 is 11.6 Å². The molecule has 20 heavy (non-hydrogen) atoms. The van der Waals surface area contributed by atoms with E-state index in [2.05, 4.69) is 19.9 Å². The number of aliphatic hydroxyl groups excluding tert-OH is 1. The van der Waals surface area contributed by atoms with Crippen molar-refractivity contribution in [1.29, 1.82) is 5.26 Å². The SMILES string of the molecule is Cc1cc(Cl)ccc1C(O)C1(C#N)CCC(C)(C)CC1. The molecule has 3 heteroatoms. The van der Waals surface area contributed by atoms with Crippen LogP contribution < -0.4 is 0 Å². The Bertz CT molecular complexity index is 534. The molecule has 2 nitrogen and oxygen atoms in total. The lowest BCUT2D eigenvalue weighted by atomic mass is 9.62. The van der Waals surface area contributed by atoms with Crippen molar-refractivity contribution in [2.75, 3.05) is 0 Å². The van der Waals surface area contributed by atoms with Crippen LogP contribution in [-0.4, -0.2) is 5.11 Å². The van der Waals surface area contributed by atoms with Crippen LogP contribution in [0.15, 0.2) is 18.2 Å². The van der Waals surface area contributed by atoms with E-state index in [1.165, 1.54) is 0 Å². The number of aryl methyl sites for hydroxylation is 1. The normalized spacial score (nSPS) is 22.0. The zero-order valence-corrected chi connectivity index (χ0v) is 13.2. The first-order chi connectivity index (χ1) is 9.30. The van der Waals surface area contributed by atoms with Crippen molar-refractivity contribution < 1.29 is 5.11 Å². The maximum absolute atomic E-state index is 10.8. The smallest absolute Gasteiger partial charge is 0.0978 e. The van der Waals surface area contributed by atoms with Crippen LogP contribution >= 0.6 is 11.6 Å².